The Morgan fingerprint density at radius 1 is 1.42 bits per heavy atom. The fourth-order valence-corrected chi connectivity index (χ4v) is 1.78. The molecule has 0 aromatic heterocycles. The molecule has 0 fully saturated rings. The molecule has 106 valence electrons. The molecule has 1 aromatic rings. The number of halogens is 1. The third-order valence-electron chi connectivity index (χ3n) is 3.15. The number of nitrogens with one attached hydrogen (secondary N) is 1. The van der Waals surface area contributed by atoms with Gasteiger partial charge in [-0.2, -0.15) is 0 Å². The Morgan fingerprint density at radius 2 is 2.11 bits per heavy atom. The molecule has 0 saturated heterocycles. The maximum Gasteiger partial charge on any atom is 0.220 e. The SMILES string of the molecule is Cc1cc(CCNC(=O)CC(C)(C)CN)ccc1F. The number of amides is 1. The van der Waals surface area contributed by atoms with E-state index in [9.17, 15) is 9.18 Å². The number of aryl methyl sites for hydroxylation is 1. The summed E-state index contributed by atoms with van der Waals surface area (Å²) in [5.41, 5.74) is 7.08. The van der Waals surface area contributed by atoms with Gasteiger partial charge in [0.1, 0.15) is 5.82 Å². The third kappa shape index (κ3) is 5.39. The van der Waals surface area contributed by atoms with E-state index in [-0.39, 0.29) is 17.1 Å². The summed E-state index contributed by atoms with van der Waals surface area (Å²) in [6.07, 6.45) is 1.13. The second kappa shape index (κ2) is 6.66. The Bertz CT molecular complexity index is 444. The molecule has 0 saturated carbocycles. The van der Waals surface area contributed by atoms with Gasteiger partial charge in [0.25, 0.3) is 0 Å². The molecule has 0 spiro atoms. The molecule has 0 aliphatic heterocycles. The van der Waals surface area contributed by atoms with Crippen molar-refractivity contribution in [3.05, 3.63) is 35.1 Å². The van der Waals surface area contributed by atoms with E-state index in [0.29, 0.717) is 31.5 Å². The molecule has 19 heavy (non-hydrogen) atoms. The minimum Gasteiger partial charge on any atom is -0.356 e. The second-order valence-electron chi connectivity index (χ2n) is 5.73. The zero-order valence-corrected chi connectivity index (χ0v) is 11.9. The zero-order chi connectivity index (χ0) is 14.5. The molecule has 1 aromatic carbocycles. The summed E-state index contributed by atoms with van der Waals surface area (Å²) >= 11 is 0. The lowest BCUT2D eigenvalue weighted by molar-refractivity contribution is -0.122. The van der Waals surface area contributed by atoms with Gasteiger partial charge in [-0.1, -0.05) is 26.0 Å². The van der Waals surface area contributed by atoms with Crippen molar-refractivity contribution in [1.29, 1.82) is 0 Å². The van der Waals surface area contributed by atoms with Gasteiger partial charge in [0.05, 0.1) is 0 Å². The van der Waals surface area contributed by atoms with E-state index in [1.807, 2.05) is 19.9 Å². The number of benzene rings is 1. The van der Waals surface area contributed by atoms with Crippen LogP contribution in [0.2, 0.25) is 0 Å². The van der Waals surface area contributed by atoms with Crippen molar-refractivity contribution in [2.45, 2.75) is 33.6 Å². The van der Waals surface area contributed by atoms with Crippen molar-refractivity contribution in [3.8, 4) is 0 Å². The lowest BCUT2D eigenvalue weighted by atomic mass is 9.89. The van der Waals surface area contributed by atoms with Gasteiger partial charge in [0.2, 0.25) is 5.91 Å². The number of hydrogen-bond donors (Lipinski definition) is 2. The summed E-state index contributed by atoms with van der Waals surface area (Å²) < 4.78 is 13.1. The maximum absolute atomic E-state index is 13.1. The van der Waals surface area contributed by atoms with Crippen molar-refractivity contribution < 1.29 is 9.18 Å². The highest BCUT2D eigenvalue weighted by molar-refractivity contribution is 5.76. The summed E-state index contributed by atoms with van der Waals surface area (Å²) in [5.74, 6) is -0.188. The summed E-state index contributed by atoms with van der Waals surface area (Å²) in [6, 6.07) is 5.02. The lowest BCUT2D eigenvalue weighted by Crippen LogP contribution is -2.33. The summed E-state index contributed by atoms with van der Waals surface area (Å²) in [5, 5.41) is 2.87. The molecule has 0 heterocycles. The Labute approximate surface area is 114 Å². The highest BCUT2D eigenvalue weighted by Gasteiger charge is 2.19. The molecule has 0 aliphatic rings. The van der Waals surface area contributed by atoms with Crippen molar-refractivity contribution >= 4 is 5.91 Å². The van der Waals surface area contributed by atoms with Gasteiger partial charge >= 0.3 is 0 Å². The first kappa shape index (κ1) is 15.6. The summed E-state index contributed by atoms with van der Waals surface area (Å²) in [6.45, 7) is 6.72. The van der Waals surface area contributed by atoms with Crippen LogP contribution in [-0.2, 0) is 11.2 Å². The minimum absolute atomic E-state index is 0.00860. The van der Waals surface area contributed by atoms with Crippen molar-refractivity contribution in [2.24, 2.45) is 11.1 Å². The van der Waals surface area contributed by atoms with Crippen LogP contribution >= 0.6 is 0 Å². The van der Waals surface area contributed by atoms with Gasteiger partial charge in [0.15, 0.2) is 0 Å². The number of carbonyl (C=O) groups excluding carboxylic acids is 1. The Hall–Kier alpha value is -1.42. The van der Waals surface area contributed by atoms with E-state index in [4.69, 9.17) is 5.73 Å². The van der Waals surface area contributed by atoms with Gasteiger partial charge in [-0.3, -0.25) is 4.79 Å². The first-order valence-electron chi connectivity index (χ1n) is 6.56. The molecule has 1 amide bonds. The molecule has 0 bridgehead atoms. The van der Waals surface area contributed by atoms with Crippen molar-refractivity contribution in [1.82, 2.24) is 5.32 Å². The molecular formula is C15H23FN2O. The van der Waals surface area contributed by atoms with Crippen molar-refractivity contribution in [2.75, 3.05) is 13.1 Å². The van der Waals surface area contributed by atoms with Gasteiger partial charge in [-0.05, 0) is 42.5 Å². The van der Waals surface area contributed by atoms with Crippen molar-refractivity contribution in [3.63, 3.8) is 0 Å². The summed E-state index contributed by atoms with van der Waals surface area (Å²) in [4.78, 5) is 11.7. The predicted octanol–water partition coefficient (Wildman–Crippen LogP) is 2.17. The average Bonchev–Trinajstić information content (AvgIpc) is 2.33. The molecule has 0 radical (unpaired) electrons. The van der Waals surface area contributed by atoms with Crippen LogP contribution in [0.3, 0.4) is 0 Å². The number of nitrogens with two attached hydrogens (primary N) is 1. The normalized spacial score (nSPS) is 11.4. The fourth-order valence-electron chi connectivity index (χ4n) is 1.78. The Morgan fingerprint density at radius 3 is 2.68 bits per heavy atom. The van der Waals surface area contributed by atoms with Crippen LogP contribution in [0.5, 0.6) is 0 Å². The highest BCUT2D eigenvalue weighted by atomic mass is 19.1. The number of carbonyl (C=O) groups is 1. The van der Waals surface area contributed by atoms with E-state index in [0.717, 1.165) is 5.56 Å². The van der Waals surface area contributed by atoms with Crippen LogP contribution in [0.4, 0.5) is 4.39 Å². The topological polar surface area (TPSA) is 55.1 Å². The Kier molecular flexibility index (Phi) is 5.48. The molecule has 0 unspecified atom stereocenters. The van der Waals surface area contributed by atoms with Gasteiger partial charge in [-0.15, -0.1) is 0 Å². The monoisotopic (exact) mass is 266 g/mol. The first-order chi connectivity index (χ1) is 8.84. The van der Waals surface area contributed by atoms with Gasteiger partial charge in [-0.25, -0.2) is 4.39 Å². The van der Waals surface area contributed by atoms with E-state index in [2.05, 4.69) is 5.32 Å². The minimum atomic E-state index is -0.197. The second-order valence-corrected chi connectivity index (χ2v) is 5.73. The van der Waals surface area contributed by atoms with Crippen LogP contribution in [0.1, 0.15) is 31.4 Å². The fraction of sp³-hybridized carbons (Fsp3) is 0.533. The van der Waals surface area contributed by atoms with Crippen LogP contribution in [-0.4, -0.2) is 19.0 Å². The van der Waals surface area contributed by atoms with Crippen LogP contribution in [0, 0.1) is 18.2 Å². The van der Waals surface area contributed by atoms with E-state index < -0.39 is 0 Å². The van der Waals surface area contributed by atoms with Gasteiger partial charge in [0, 0.05) is 13.0 Å². The highest BCUT2D eigenvalue weighted by Crippen LogP contribution is 2.17. The first-order valence-corrected chi connectivity index (χ1v) is 6.56. The largest absolute Gasteiger partial charge is 0.356 e. The molecule has 0 aliphatic carbocycles. The van der Waals surface area contributed by atoms with Crippen LogP contribution in [0.25, 0.3) is 0 Å². The zero-order valence-electron chi connectivity index (χ0n) is 11.9. The molecule has 4 heteroatoms. The smallest absolute Gasteiger partial charge is 0.220 e. The molecule has 1 rings (SSSR count). The van der Waals surface area contributed by atoms with E-state index >= 15 is 0 Å². The molecule has 0 atom stereocenters. The Balaban J connectivity index is 2.38. The summed E-state index contributed by atoms with van der Waals surface area (Å²) in [7, 11) is 0. The predicted molar refractivity (Wildman–Crippen MR) is 75.3 cm³/mol. The average molecular weight is 266 g/mol. The maximum atomic E-state index is 13.1. The van der Waals surface area contributed by atoms with Gasteiger partial charge < -0.3 is 11.1 Å². The molecular weight excluding hydrogens is 243 g/mol. The molecule has 3 nitrogen and oxygen atoms in total. The number of hydrogen-bond acceptors (Lipinski definition) is 2. The lowest BCUT2D eigenvalue weighted by Gasteiger charge is -2.21. The van der Waals surface area contributed by atoms with Crippen LogP contribution < -0.4 is 11.1 Å². The number of rotatable bonds is 6. The van der Waals surface area contributed by atoms with E-state index in [1.54, 1.807) is 13.0 Å². The molecule has 3 N–H and O–H groups in total. The van der Waals surface area contributed by atoms with E-state index in [1.165, 1.54) is 6.07 Å². The third-order valence-corrected chi connectivity index (χ3v) is 3.15. The van der Waals surface area contributed by atoms with Crippen LogP contribution in [0.15, 0.2) is 18.2 Å². The standard InChI is InChI=1S/C15H23FN2O/c1-11-8-12(4-5-13(11)16)6-7-18-14(19)9-15(2,3)10-17/h4-5,8H,6-7,9-10,17H2,1-3H3,(H,18,19). The quantitative estimate of drug-likeness (QED) is 0.829.